The Hall–Kier alpha value is -2.90. The molecular weight excluding hydrogens is 331 g/mol. The van der Waals surface area contributed by atoms with Gasteiger partial charge in [0.2, 0.25) is 0 Å². The number of amides is 1. The first-order valence-electron chi connectivity index (χ1n) is 7.73. The first-order chi connectivity index (χ1) is 12.0. The van der Waals surface area contributed by atoms with Crippen LogP contribution in [0.4, 0.5) is 4.39 Å². The summed E-state index contributed by atoms with van der Waals surface area (Å²) in [6, 6.07) is 6.63. The lowest BCUT2D eigenvalue weighted by Crippen LogP contribution is -2.41. The fraction of sp³-hybridized carbons (Fsp3) is 0.353. The van der Waals surface area contributed by atoms with Gasteiger partial charge in [0, 0.05) is 12.5 Å². The molecule has 2 heterocycles. The molecule has 2 atom stereocenters. The number of carbonyl (C=O) groups excluding carboxylic acids is 2. The van der Waals surface area contributed by atoms with E-state index in [2.05, 4.69) is 5.16 Å². The predicted molar refractivity (Wildman–Crippen MR) is 83.5 cm³/mol. The molecule has 0 saturated carbocycles. The van der Waals surface area contributed by atoms with Crippen LogP contribution in [-0.2, 0) is 9.53 Å². The number of halogens is 1. The van der Waals surface area contributed by atoms with Crippen molar-refractivity contribution in [2.24, 2.45) is 0 Å². The maximum absolute atomic E-state index is 13.8. The Balaban J connectivity index is 1.80. The van der Waals surface area contributed by atoms with E-state index in [9.17, 15) is 14.0 Å². The Morgan fingerprint density at radius 3 is 2.76 bits per heavy atom. The predicted octanol–water partition coefficient (Wildman–Crippen LogP) is 1.96. The third-order valence-electron chi connectivity index (χ3n) is 3.97. The van der Waals surface area contributed by atoms with Crippen LogP contribution >= 0.6 is 0 Å². The van der Waals surface area contributed by atoms with E-state index in [4.69, 9.17) is 14.0 Å². The molecule has 2 aromatic rings. The van der Waals surface area contributed by atoms with Crippen molar-refractivity contribution in [2.75, 3.05) is 13.7 Å². The van der Waals surface area contributed by atoms with Gasteiger partial charge in [-0.25, -0.2) is 9.18 Å². The molecule has 1 aliphatic heterocycles. The number of rotatable bonds is 4. The van der Waals surface area contributed by atoms with E-state index in [0.29, 0.717) is 5.76 Å². The fourth-order valence-electron chi connectivity index (χ4n) is 2.80. The first-order valence-corrected chi connectivity index (χ1v) is 7.73. The van der Waals surface area contributed by atoms with Gasteiger partial charge in [-0.15, -0.1) is 0 Å². The number of nitrogens with zero attached hydrogens (tertiary/aromatic N) is 2. The summed E-state index contributed by atoms with van der Waals surface area (Å²) >= 11 is 0. The van der Waals surface area contributed by atoms with Crippen LogP contribution < -0.4 is 4.74 Å². The monoisotopic (exact) mass is 348 g/mol. The van der Waals surface area contributed by atoms with Crippen molar-refractivity contribution in [3.8, 4) is 5.75 Å². The number of para-hydroxylation sites is 1. The zero-order valence-corrected chi connectivity index (χ0v) is 13.8. The van der Waals surface area contributed by atoms with Gasteiger partial charge < -0.3 is 18.9 Å². The number of hydrogen-bond acceptors (Lipinski definition) is 6. The average molecular weight is 348 g/mol. The summed E-state index contributed by atoms with van der Waals surface area (Å²) < 4.78 is 29.1. The molecule has 1 fully saturated rings. The zero-order chi connectivity index (χ0) is 18.0. The standard InChI is InChI=1S/C17H17FN2O5/c1-10-7-13(19-25-10)16(21)20-9-11(8-14(20)17(22)23-2)24-15-6-4-3-5-12(15)18/h3-7,11,14H,8-9H2,1-2H3. The number of aryl methyl sites for hydroxylation is 1. The van der Waals surface area contributed by atoms with Gasteiger partial charge in [-0.2, -0.15) is 0 Å². The van der Waals surface area contributed by atoms with Crippen molar-refractivity contribution >= 4 is 11.9 Å². The van der Waals surface area contributed by atoms with Crippen molar-refractivity contribution in [1.29, 1.82) is 0 Å². The minimum absolute atomic E-state index is 0.0719. The van der Waals surface area contributed by atoms with Gasteiger partial charge >= 0.3 is 5.97 Å². The highest BCUT2D eigenvalue weighted by Crippen LogP contribution is 2.27. The van der Waals surface area contributed by atoms with Gasteiger partial charge in [0.05, 0.1) is 13.7 Å². The number of hydrogen-bond donors (Lipinski definition) is 0. The molecule has 8 heteroatoms. The van der Waals surface area contributed by atoms with E-state index in [1.165, 1.54) is 30.2 Å². The summed E-state index contributed by atoms with van der Waals surface area (Å²) in [6.45, 7) is 1.77. The van der Waals surface area contributed by atoms with E-state index < -0.39 is 29.8 Å². The number of esters is 1. The van der Waals surface area contributed by atoms with E-state index in [-0.39, 0.29) is 24.4 Å². The maximum Gasteiger partial charge on any atom is 0.328 e. The van der Waals surface area contributed by atoms with Gasteiger partial charge in [0.1, 0.15) is 17.9 Å². The number of aromatic nitrogens is 1. The zero-order valence-electron chi connectivity index (χ0n) is 13.8. The third-order valence-corrected chi connectivity index (χ3v) is 3.97. The largest absolute Gasteiger partial charge is 0.485 e. The van der Waals surface area contributed by atoms with E-state index in [1.807, 2.05) is 0 Å². The molecule has 132 valence electrons. The summed E-state index contributed by atoms with van der Waals surface area (Å²) in [5, 5.41) is 3.68. The Labute approximate surface area is 143 Å². The summed E-state index contributed by atoms with van der Waals surface area (Å²) in [7, 11) is 1.25. The second-order valence-corrected chi connectivity index (χ2v) is 5.73. The quantitative estimate of drug-likeness (QED) is 0.786. The Kier molecular flexibility index (Phi) is 4.69. The molecule has 7 nitrogen and oxygen atoms in total. The average Bonchev–Trinajstić information content (AvgIpc) is 3.22. The van der Waals surface area contributed by atoms with E-state index in [1.54, 1.807) is 19.1 Å². The number of benzene rings is 1. The molecule has 1 aromatic heterocycles. The van der Waals surface area contributed by atoms with Crippen LogP contribution in [0.15, 0.2) is 34.9 Å². The third kappa shape index (κ3) is 3.47. The number of likely N-dealkylation sites (tertiary alicyclic amines) is 1. The smallest absolute Gasteiger partial charge is 0.328 e. The maximum atomic E-state index is 13.8. The van der Waals surface area contributed by atoms with Gasteiger partial charge in [0.15, 0.2) is 17.3 Å². The van der Waals surface area contributed by atoms with Crippen molar-refractivity contribution in [2.45, 2.75) is 25.5 Å². The lowest BCUT2D eigenvalue weighted by Gasteiger charge is -2.20. The minimum Gasteiger partial charge on any atom is -0.485 e. The van der Waals surface area contributed by atoms with Crippen LogP contribution in [0, 0.1) is 12.7 Å². The molecule has 0 bridgehead atoms. The highest BCUT2D eigenvalue weighted by Gasteiger charge is 2.42. The van der Waals surface area contributed by atoms with Gasteiger partial charge in [-0.05, 0) is 19.1 Å². The molecular formula is C17H17FN2O5. The molecule has 1 aliphatic rings. The van der Waals surface area contributed by atoms with Crippen molar-refractivity contribution in [3.63, 3.8) is 0 Å². The minimum atomic E-state index is -0.828. The Bertz CT molecular complexity index is 791. The normalized spacial score (nSPS) is 19.7. The molecule has 2 unspecified atom stereocenters. The Morgan fingerprint density at radius 1 is 1.36 bits per heavy atom. The van der Waals surface area contributed by atoms with Gasteiger partial charge in [-0.1, -0.05) is 17.3 Å². The van der Waals surface area contributed by atoms with Crippen molar-refractivity contribution in [3.05, 3.63) is 47.6 Å². The highest BCUT2D eigenvalue weighted by atomic mass is 19.1. The van der Waals surface area contributed by atoms with E-state index >= 15 is 0 Å². The molecule has 25 heavy (non-hydrogen) atoms. The van der Waals surface area contributed by atoms with Crippen LogP contribution in [0.1, 0.15) is 22.7 Å². The first kappa shape index (κ1) is 16.9. The molecule has 0 radical (unpaired) electrons. The topological polar surface area (TPSA) is 81.9 Å². The summed E-state index contributed by atoms with van der Waals surface area (Å²) in [5.74, 6) is -0.979. The second-order valence-electron chi connectivity index (χ2n) is 5.73. The number of ether oxygens (including phenoxy) is 2. The molecule has 1 saturated heterocycles. The van der Waals surface area contributed by atoms with Gasteiger partial charge in [-0.3, -0.25) is 4.79 Å². The number of methoxy groups -OCH3 is 1. The molecule has 1 amide bonds. The van der Waals surface area contributed by atoms with Crippen molar-refractivity contribution in [1.82, 2.24) is 10.1 Å². The number of carbonyl (C=O) groups is 2. The lowest BCUT2D eigenvalue weighted by atomic mass is 10.2. The van der Waals surface area contributed by atoms with Crippen molar-refractivity contribution < 1.29 is 28.0 Å². The molecule has 0 spiro atoms. The van der Waals surface area contributed by atoms with Crippen LogP contribution in [0.3, 0.4) is 0 Å². The summed E-state index contributed by atoms with van der Waals surface area (Å²) in [5.41, 5.74) is 0.0953. The van der Waals surface area contributed by atoms with Crippen LogP contribution in [0.5, 0.6) is 5.75 Å². The molecule has 0 aliphatic carbocycles. The van der Waals surface area contributed by atoms with Crippen LogP contribution in [0.25, 0.3) is 0 Å². The fourth-order valence-corrected chi connectivity index (χ4v) is 2.80. The van der Waals surface area contributed by atoms with Crippen LogP contribution in [0.2, 0.25) is 0 Å². The SMILES string of the molecule is COC(=O)C1CC(Oc2ccccc2F)CN1C(=O)c1cc(C)on1. The van der Waals surface area contributed by atoms with Gasteiger partial charge in [0.25, 0.3) is 5.91 Å². The molecule has 1 aromatic carbocycles. The Morgan fingerprint density at radius 2 is 2.12 bits per heavy atom. The summed E-state index contributed by atoms with van der Waals surface area (Å²) in [4.78, 5) is 26.0. The second kappa shape index (κ2) is 6.92. The lowest BCUT2D eigenvalue weighted by molar-refractivity contribution is -0.145. The van der Waals surface area contributed by atoms with Crippen LogP contribution in [-0.4, -0.2) is 47.7 Å². The highest BCUT2D eigenvalue weighted by molar-refractivity contribution is 5.95. The van der Waals surface area contributed by atoms with E-state index in [0.717, 1.165) is 0 Å². The molecule has 0 N–H and O–H groups in total. The summed E-state index contributed by atoms with van der Waals surface area (Å²) in [6.07, 6.45) is -0.346. The molecule has 3 rings (SSSR count).